The fourth-order valence-electron chi connectivity index (χ4n) is 3.35. The molecule has 1 aliphatic carbocycles. The van der Waals surface area contributed by atoms with Gasteiger partial charge in [0.1, 0.15) is 0 Å². The van der Waals surface area contributed by atoms with Gasteiger partial charge in [-0.25, -0.2) is 0 Å². The molecule has 1 fully saturated rings. The maximum absolute atomic E-state index is 11.7. The molecule has 0 aromatic heterocycles. The molecule has 1 saturated carbocycles. The third-order valence-electron chi connectivity index (χ3n) is 4.05. The second-order valence-electron chi connectivity index (χ2n) is 5.66. The first kappa shape index (κ1) is 13.1. The van der Waals surface area contributed by atoms with Crippen LogP contribution in [0.1, 0.15) is 38.2 Å². The molecule has 3 heteroatoms. The molecule has 0 aliphatic heterocycles. The minimum Gasteiger partial charge on any atom is -0.481 e. The van der Waals surface area contributed by atoms with E-state index in [1.807, 2.05) is 44.2 Å². The van der Waals surface area contributed by atoms with Gasteiger partial charge in [0.15, 0.2) is 0 Å². The lowest BCUT2D eigenvalue weighted by Gasteiger charge is -2.49. The van der Waals surface area contributed by atoms with Crippen LogP contribution in [0.3, 0.4) is 0 Å². The SMILES string of the molecule is CC(C)C(c1ccccc1)C1(C(=O)O)CC(O)C1. The van der Waals surface area contributed by atoms with Crippen LogP contribution in [-0.2, 0) is 4.79 Å². The zero-order valence-corrected chi connectivity index (χ0v) is 10.8. The number of hydrogen-bond acceptors (Lipinski definition) is 2. The summed E-state index contributed by atoms with van der Waals surface area (Å²) in [5.41, 5.74) is 0.261. The summed E-state index contributed by atoms with van der Waals surface area (Å²) in [6.07, 6.45) is 0.256. The molecule has 0 saturated heterocycles. The molecule has 98 valence electrons. The zero-order valence-electron chi connectivity index (χ0n) is 10.8. The average Bonchev–Trinajstić information content (AvgIpc) is 2.27. The molecule has 1 aromatic rings. The highest BCUT2D eigenvalue weighted by Gasteiger charge is 2.56. The molecular formula is C15H20O3. The first-order valence-corrected chi connectivity index (χ1v) is 6.44. The Hall–Kier alpha value is -1.35. The molecule has 1 unspecified atom stereocenters. The summed E-state index contributed by atoms with van der Waals surface area (Å²) < 4.78 is 0. The summed E-state index contributed by atoms with van der Waals surface area (Å²) in [6.45, 7) is 4.10. The molecule has 18 heavy (non-hydrogen) atoms. The second kappa shape index (κ2) is 4.73. The van der Waals surface area contributed by atoms with Gasteiger partial charge in [-0.1, -0.05) is 44.2 Å². The van der Waals surface area contributed by atoms with Gasteiger partial charge in [0.2, 0.25) is 0 Å². The Bertz CT molecular complexity index is 419. The molecule has 1 aliphatic rings. The lowest BCUT2D eigenvalue weighted by molar-refractivity contribution is -0.168. The van der Waals surface area contributed by atoms with Gasteiger partial charge in [0, 0.05) is 5.92 Å². The summed E-state index contributed by atoms with van der Waals surface area (Å²) in [5, 5.41) is 19.1. The van der Waals surface area contributed by atoms with Gasteiger partial charge in [-0.15, -0.1) is 0 Å². The Morgan fingerprint density at radius 2 is 1.83 bits per heavy atom. The van der Waals surface area contributed by atoms with Crippen LogP contribution >= 0.6 is 0 Å². The quantitative estimate of drug-likeness (QED) is 0.861. The number of aliphatic hydroxyl groups is 1. The minimum absolute atomic E-state index is 0.0420. The summed E-state index contributed by atoms with van der Waals surface area (Å²) in [6, 6.07) is 9.79. The van der Waals surface area contributed by atoms with E-state index in [0.29, 0.717) is 12.8 Å². The molecule has 0 radical (unpaired) electrons. The third kappa shape index (κ3) is 2.03. The maximum Gasteiger partial charge on any atom is 0.310 e. The van der Waals surface area contributed by atoms with Gasteiger partial charge in [-0.3, -0.25) is 4.79 Å². The van der Waals surface area contributed by atoms with Crippen molar-refractivity contribution in [3.63, 3.8) is 0 Å². The van der Waals surface area contributed by atoms with Crippen molar-refractivity contribution in [3.05, 3.63) is 35.9 Å². The van der Waals surface area contributed by atoms with E-state index in [9.17, 15) is 15.0 Å². The van der Waals surface area contributed by atoms with Crippen LogP contribution in [0.25, 0.3) is 0 Å². The van der Waals surface area contributed by atoms with E-state index in [0.717, 1.165) is 5.56 Å². The number of aliphatic carboxylic acids is 1. The van der Waals surface area contributed by atoms with Gasteiger partial charge in [-0.2, -0.15) is 0 Å². The fraction of sp³-hybridized carbons (Fsp3) is 0.533. The van der Waals surface area contributed by atoms with Crippen LogP contribution in [0.4, 0.5) is 0 Å². The van der Waals surface area contributed by atoms with Gasteiger partial charge in [0.05, 0.1) is 11.5 Å². The van der Waals surface area contributed by atoms with Crippen LogP contribution in [0.2, 0.25) is 0 Å². The van der Waals surface area contributed by atoms with Crippen LogP contribution in [0, 0.1) is 11.3 Å². The highest BCUT2D eigenvalue weighted by molar-refractivity contribution is 5.77. The number of carboxylic acids is 1. The first-order valence-electron chi connectivity index (χ1n) is 6.44. The average molecular weight is 248 g/mol. The van der Waals surface area contributed by atoms with Crippen LogP contribution < -0.4 is 0 Å². The number of carboxylic acid groups (broad SMARTS) is 1. The summed E-state index contributed by atoms with van der Waals surface area (Å²) in [5.74, 6) is -0.592. The van der Waals surface area contributed by atoms with Crippen molar-refractivity contribution in [1.29, 1.82) is 0 Å². The largest absolute Gasteiger partial charge is 0.481 e. The molecule has 0 amide bonds. The third-order valence-corrected chi connectivity index (χ3v) is 4.05. The van der Waals surface area contributed by atoms with Crippen LogP contribution in [-0.4, -0.2) is 22.3 Å². The zero-order chi connectivity index (χ0) is 13.3. The smallest absolute Gasteiger partial charge is 0.310 e. The van der Waals surface area contributed by atoms with Crippen LogP contribution in [0.15, 0.2) is 30.3 Å². The number of rotatable bonds is 4. The van der Waals surface area contributed by atoms with Gasteiger partial charge < -0.3 is 10.2 Å². The molecule has 0 spiro atoms. The van der Waals surface area contributed by atoms with Crippen LogP contribution in [0.5, 0.6) is 0 Å². The molecule has 2 rings (SSSR count). The van der Waals surface area contributed by atoms with Crippen molar-refractivity contribution in [2.24, 2.45) is 11.3 Å². The summed E-state index contributed by atoms with van der Waals surface area (Å²) in [7, 11) is 0. The summed E-state index contributed by atoms with van der Waals surface area (Å²) in [4.78, 5) is 11.7. The number of benzene rings is 1. The lowest BCUT2D eigenvalue weighted by Crippen LogP contribution is -2.52. The van der Waals surface area contributed by atoms with Gasteiger partial charge in [-0.05, 0) is 24.3 Å². The van der Waals surface area contributed by atoms with Crippen molar-refractivity contribution in [1.82, 2.24) is 0 Å². The van der Waals surface area contributed by atoms with E-state index in [1.54, 1.807) is 0 Å². The van der Waals surface area contributed by atoms with Crippen molar-refractivity contribution >= 4 is 5.97 Å². The molecular weight excluding hydrogens is 228 g/mol. The van der Waals surface area contributed by atoms with Crippen molar-refractivity contribution in [2.75, 3.05) is 0 Å². The maximum atomic E-state index is 11.7. The molecule has 0 bridgehead atoms. The van der Waals surface area contributed by atoms with E-state index >= 15 is 0 Å². The molecule has 1 aromatic carbocycles. The standard InChI is InChI=1S/C15H20O3/c1-10(2)13(11-6-4-3-5-7-11)15(14(17)18)8-12(16)9-15/h3-7,10,12-13,16H,8-9H2,1-2H3,(H,17,18). The van der Waals surface area contributed by atoms with E-state index in [2.05, 4.69) is 0 Å². The van der Waals surface area contributed by atoms with Crippen molar-refractivity contribution < 1.29 is 15.0 Å². The Morgan fingerprint density at radius 1 is 1.28 bits per heavy atom. The molecule has 0 heterocycles. The molecule has 3 nitrogen and oxygen atoms in total. The van der Waals surface area contributed by atoms with Crippen molar-refractivity contribution in [2.45, 2.75) is 38.7 Å². The van der Waals surface area contributed by atoms with E-state index < -0.39 is 17.5 Å². The second-order valence-corrected chi connectivity index (χ2v) is 5.66. The fourth-order valence-corrected chi connectivity index (χ4v) is 3.35. The Labute approximate surface area is 107 Å². The van der Waals surface area contributed by atoms with E-state index in [4.69, 9.17) is 0 Å². The number of hydrogen-bond donors (Lipinski definition) is 2. The molecule has 2 N–H and O–H groups in total. The predicted octanol–water partition coefficient (Wildman–Crippen LogP) is 2.65. The Kier molecular flexibility index (Phi) is 3.44. The molecule has 1 atom stereocenters. The van der Waals surface area contributed by atoms with Gasteiger partial charge >= 0.3 is 5.97 Å². The lowest BCUT2D eigenvalue weighted by atomic mass is 9.55. The normalized spacial score (nSPS) is 28.8. The monoisotopic (exact) mass is 248 g/mol. The summed E-state index contributed by atoms with van der Waals surface area (Å²) >= 11 is 0. The highest BCUT2D eigenvalue weighted by Crippen LogP contribution is 2.54. The van der Waals surface area contributed by atoms with Crippen molar-refractivity contribution in [3.8, 4) is 0 Å². The van der Waals surface area contributed by atoms with E-state index in [1.165, 1.54) is 0 Å². The topological polar surface area (TPSA) is 57.5 Å². The number of aliphatic hydroxyl groups excluding tert-OH is 1. The Balaban J connectivity index is 2.39. The highest BCUT2D eigenvalue weighted by atomic mass is 16.4. The predicted molar refractivity (Wildman–Crippen MR) is 69.3 cm³/mol. The number of carbonyl (C=O) groups is 1. The minimum atomic E-state index is -0.797. The van der Waals surface area contributed by atoms with E-state index in [-0.39, 0.29) is 11.8 Å². The Morgan fingerprint density at radius 3 is 2.22 bits per heavy atom. The van der Waals surface area contributed by atoms with Gasteiger partial charge in [0.25, 0.3) is 0 Å². The first-order chi connectivity index (χ1) is 8.47.